The Labute approximate surface area is 143 Å². The van der Waals surface area contributed by atoms with E-state index >= 15 is 0 Å². The maximum atomic E-state index is 12.3. The molecule has 2 rings (SSSR count). The summed E-state index contributed by atoms with van der Waals surface area (Å²) in [5.74, 6) is -1.91. The smallest absolute Gasteiger partial charge is 0.369 e. The first kappa shape index (κ1) is 19.0. The molecule has 1 unspecified atom stereocenters. The number of aromatic nitrogens is 2. The maximum absolute atomic E-state index is 12.3. The van der Waals surface area contributed by atoms with Crippen LogP contribution in [0.3, 0.4) is 0 Å². The summed E-state index contributed by atoms with van der Waals surface area (Å²) in [7, 11) is 0. The number of carbonyl (C=O) groups excluding carboxylic acids is 1. The Morgan fingerprint density at radius 1 is 1.12 bits per heavy atom. The molecule has 0 fully saturated rings. The highest BCUT2D eigenvalue weighted by molar-refractivity contribution is 5.81. The zero-order valence-corrected chi connectivity index (χ0v) is 13.6. The van der Waals surface area contributed by atoms with Gasteiger partial charge in [0.1, 0.15) is 0 Å². The molecule has 5 nitrogen and oxygen atoms in total. The van der Waals surface area contributed by atoms with Crippen molar-refractivity contribution in [1.82, 2.24) is 10.1 Å². The molecule has 1 atom stereocenters. The third-order valence-electron chi connectivity index (χ3n) is 3.90. The topological polar surface area (TPSA) is 82.0 Å². The van der Waals surface area contributed by atoms with Crippen LogP contribution in [0.4, 0.5) is 13.2 Å². The van der Waals surface area contributed by atoms with E-state index in [1.54, 1.807) is 0 Å². The Hall–Kier alpha value is -2.38. The predicted octanol–water partition coefficient (Wildman–Crippen LogP) is 3.85. The minimum atomic E-state index is -4.60. The van der Waals surface area contributed by atoms with Crippen LogP contribution in [0, 0.1) is 0 Å². The Morgan fingerprint density at radius 2 is 1.80 bits per heavy atom. The number of nitrogens with two attached hydrogens (primary N) is 1. The molecule has 0 spiro atoms. The molecule has 0 saturated heterocycles. The van der Waals surface area contributed by atoms with Gasteiger partial charge in [-0.2, -0.15) is 18.2 Å². The van der Waals surface area contributed by atoms with Gasteiger partial charge >= 0.3 is 12.1 Å². The number of carbonyl (C=O) groups is 1. The van der Waals surface area contributed by atoms with Crippen LogP contribution in [0.15, 0.2) is 34.9 Å². The van der Waals surface area contributed by atoms with Crippen molar-refractivity contribution >= 4 is 5.91 Å². The Bertz CT molecular complexity index is 671. The van der Waals surface area contributed by atoms with Crippen LogP contribution in [0.25, 0.3) is 0 Å². The van der Waals surface area contributed by atoms with Gasteiger partial charge < -0.3 is 10.3 Å². The second-order valence-electron chi connectivity index (χ2n) is 5.83. The molecule has 136 valence electrons. The molecule has 0 aliphatic heterocycles. The number of amides is 1. The van der Waals surface area contributed by atoms with Gasteiger partial charge in [0, 0.05) is 6.42 Å². The second-order valence-corrected chi connectivity index (χ2v) is 5.83. The lowest BCUT2D eigenvalue weighted by Crippen LogP contribution is -2.21. The fourth-order valence-corrected chi connectivity index (χ4v) is 2.61. The average Bonchev–Trinajstić information content (AvgIpc) is 3.04. The van der Waals surface area contributed by atoms with Gasteiger partial charge in [-0.1, -0.05) is 54.8 Å². The Kier molecular flexibility index (Phi) is 6.55. The number of halogens is 3. The van der Waals surface area contributed by atoms with Crippen LogP contribution in [0.5, 0.6) is 0 Å². The number of hydrogen-bond acceptors (Lipinski definition) is 4. The zero-order chi connectivity index (χ0) is 18.3. The summed E-state index contributed by atoms with van der Waals surface area (Å²) in [5.41, 5.74) is 6.37. The van der Waals surface area contributed by atoms with Crippen molar-refractivity contribution in [2.24, 2.45) is 5.73 Å². The molecule has 2 aromatic rings. The van der Waals surface area contributed by atoms with E-state index in [9.17, 15) is 18.0 Å². The van der Waals surface area contributed by atoms with E-state index in [4.69, 9.17) is 5.73 Å². The molecule has 8 heteroatoms. The van der Waals surface area contributed by atoms with Crippen LogP contribution < -0.4 is 5.73 Å². The molecule has 1 amide bonds. The lowest BCUT2D eigenvalue weighted by atomic mass is 9.92. The fourth-order valence-electron chi connectivity index (χ4n) is 2.61. The molecular weight excluding hydrogens is 335 g/mol. The first-order valence-corrected chi connectivity index (χ1v) is 8.12. The van der Waals surface area contributed by atoms with E-state index < -0.39 is 12.1 Å². The summed E-state index contributed by atoms with van der Waals surface area (Å²) in [4.78, 5) is 14.9. The molecule has 2 N–H and O–H groups in total. The van der Waals surface area contributed by atoms with E-state index in [2.05, 4.69) is 14.7 Å². The number of benzene rings is 1. The highest BCUT2D eigenvalue weighted by Gasteiger charge is 2.38. The van der Waals surface area contributed by atoms with Gasteiger partial charge in [-0.25, -0.2) is 0 Å². The van der Waals surface area contributed by atoms with Crippen molar-refractivity contribution in [2.45, 2.75) is 50.6 Å². The largest absolute Gasteiger partial charge is 0.471 e. The van der Waals surface area contributed by atoms with Crippen molar-refractivity contribution < 1.29 is 22.5 Å². The predicted molar refractivity (Wildman–Crippen MR) is 84.5 cm³/mol. The molecule has 0 bridgehead atoms. The van der Waals surface area contributed by atoms with Crippen molar-refractivity contribution in [3.05, 3.63) is 47.6 Å². The molecule has 1 aromatic carbocycles. The van der Waals surface area contributed by atoms with Crippen LogP contribution in [-0.2, 0) is 17.4 Å². The van der Waals surface area contributed by atoms with E-state index in [1.807, 2.05) is 30.3 Å². The number of nitrogens with zero attached hydrogens (tertiary/aromatic N) is 2. The van der Waals surface area contributed by atoms with E-state index in [1.165, 1.54) is 0 Å². The molecule has 0 aliphatic carbocycles. The first-order valence-electron chi connectivity index (χ1n) is 8.12. The van der Waals surface area contributed by atoms with Crippen molar-refractivity contribution in [3.63, 3.8) is 0 Å². The van der Waals surface area contributed by atoms with Crippen molar-refractivity contribution in [1.29, 1.82) is 0 Å². The number of primary amides is 1. The average molecular weight is 355 g/mol. The third-order valence-corrected chi connectivity index (χ3v) is 3.90. The molecule has 0 saturated carbocycles. The Balaban J connectivity index is 1.69. The number of unbranched alkanes of at least 4 members (excludes halogenated alkanes) is 3. The molecule has 1 aromatic heterocycles. The van der Waals surface area contributed by atoms with Gasteiger partial charge in [0.15, 0.2) is 5.82 Å². The van der Waals surface area contributed by atoms with Gasteiger partial charge in [-0.3, -0.25) is 4.79 Å². The molecule has 0 radical (unpaired) electrons. The summed E-state index contributed by atoms with van der Waals surface area (Å²) >= 11 is 0. The quantitative estimate of drug-likeness (QED) is 0.693. The van der Waals surface area contributed by atoms with Gasteiger partial charge in [0.2, 0.25) is 5.91 Å². The fraction of sp³-hybridized carbons (Fsp3) is 0.471. The molecule has 0 aliphatic rings. The van der Waals surface area contributed by atoms with E-state index in [0.29, 0.717) is 19.3 Å². The van der Waals surface area contributed by atoms with Crippen LogP contribution >= 0.6 is 0 Å². The van der Waals surface area contributed by atoms with Crippen LogP contribution in [-0.4, -0.2) is 16.0 Å². The van der Waals surface area contributed by atoms with Gasteiger partial charge in [0.25, 0.3) is 0 Å². The highest BCUT2D eigenvalue weighted by atomic mass is 19.4. The summed E-state index contributed by atoms with van der Waals surface area (Å²) in [6, 6.07) is 9.37. The second kappa shape index (κ2) is 8.64. The maximum Gasteiger partial charge on any atom is 0.471 e. The SMILES string of the molecule is NC(=O)C(CCCCCCc1noc(C(F)(F)F)n1)c1ccccc1. The summed E-state index contributed by atoms with van der Waals surface area (Å²) in [6.07, 6.45) is -0.507. The highest BCUT2D eigenvalue weighted by Crippen LogP contribution is 2.27. The molecule has 25 heavy (non-hydrogen) atoms. The Morgan fingerprint density at radius 3 is 2.40 bits per heavy atom. The third kappa shape index (κ3) is 5.88. The lowest BCUT2D eigenvalue weighted by Gasteiger charge is -2.13. The summed E-state index contributed by atoms with van der Waals surface area (Å²) in [6.45, 7) is 0. The summed E-state index contributed by atoms with van der Waals surface area (Å²) < 4.78 is 41.2. The number of hydrogen-bond donors (Lipinski definition) is 1. The zero-order valence-electron chi connectivity index (χ0n) is 13.6. The van der Waals surface area contributed by atoms with Crippen LogP contribution in [0.2, 0.25) is 0 Å². The van der Waals surface area contributed by atoms with Gasteiger partial charge in [-0.15, -0.1) is 0 Å². The standard InChI is InChI=1S/C17H20F3N3O2/c18-17(19,20)16-22-14(23-25-16)11-7-2-1-6-10-13(15(21)24)12-8-4-3-5-9-12/h3-5,8-9,13H,1-2,6-7,10-11H2,(H2,21,24). The molecule has 1 heterocycles. The number of alkyl halides is 3. The molecular formula is C17H20F3N3O2. The van der Waals surface area contributed by atoms with Gasteiger partial charge in [0.05, 0.1) is 5.92 Å². The van der Waals surface area contributed by atoms with Crippen molar-refractivity contribution in [3.8, 4) is 0 Å². The lowest BCUT2D eigenvalue weighted by molar-refractivity contribution is -0.159. The number of aryl methyl sites for hydroxylation is 1. The van der Waals surface area contributed by atoms with Gasteiger partial charge in [-0.05, 0) is 18.4 Å². The monoisotopic (exact) mass is 355 g/mol. The number of rotatable bonds is 9. The minimum absolute atomic E-state index is 0.0617. The van der Waals surface area contributed by atoms with E-state index in [-0.39, 0.29) is 17.6 Å². The first-order chi connectivity index (χ1) is 11.9. The van der Waals surface area contributed by atoms with Crippen molar-refractivity contribution in [2.75, 3.05) is 0 Å². The summed E-state index contributed by atoms with van der Waals surface area (Å²) in [5, 5.41) is 3.32. The normalized spacial score (nSPS) is 12.9. The van der Waals surface area contributed by atoms with Crippen LogP contribution in [0.1, 0.15) is 55.3 Å². The minimum Gasteiger partial charge on any atom is -0.369 e. The van der Waals surface area contributed by atoms with E-state index in [0.717, 1.165) is 24.8 Å².